The molecule has 2 amide bonds. The molecule has 0 aliphatic carbocycles. The highest BCUT2D eigenvalue weighted by Gasteiger charge is 2.39. The van der Waals surface area contributed by atoms with Crippen molar-refractivity contribution in [2.45, 2.75) is 19.1 Å². The fourth-order valence-electron chi connectivity index (χ4n) is 4.42. The van der Waals surface area contributed by atoms with Crippen LogP contribution in [0.2, 0.25) is 0 Å². The Morgan fingerprint density at radius 3 is 2.45 bits per heavy atom. The quantitative estimate of drug-likeness (QED) is 0.656. The lowest BCUT2D eigenvalue weighted by Gasteiger charge is -2.41. The highest BCUT2D eigenvalue weighted by atomic mass is 16.2. The lowest BCUT2D eigenvalue weighted by molar-refractivity contribution is -0.137. The van der Waals surface area contributed by atoms with Crippen LogP contribution in [-0.4, -0.2) is 63.4 Å². The van der Waals surface area contributed by atoms with Gasteiger partial charge in [0.25, 0.3) is 5.91 Å². The maximum absolute atomic E-state index is 13.6. The number of hydrogen-bond acceptors (Lipinski definition) is 4. The molecule has 0 bridgehead atoms. The Balaban J connectivity index is 1.34. The van der Waals surface area contributed by atoms with E-state index in [1.807, 2.05) is 76.3 Å². The van der Waals surface area contributed by atoms with Crippen LogP contribution in [0.4, 0.5) is 5.82 Å². The van der Waals surface area contributed by atoms with Gasteiger partial charge in [0.15, 0.2) is 0 Å². The molecule has 31 heavy (non-hydrogen) atoms. The SMILES string of the molecule is O=C(C1Cn2cccc2C(=O)N1Cc1ccccc1)N1CCN(c2ccccn2)CC1. The smallest absolute Gasteiger partial charge is 0.271 e. The maximum Gasteiger partial charge on any atom is 0.271 e. The number of nitrogens with zero attached hydrogens (tertiary/aromatic N) is 5. The van der Waals surface area contributed by atoms with Crippen LogP contribution in [0.5, 0.6) is 0 Å². The second-order valence-electron chi connectivity index (χ2n) is 7.98. The summed E-state index contributed by atoms with van der Waals surface area (Å²) in [7, 11) is 0. The average Bonchev–Trinajstić information content (AvgIpc) is 3.31. The first-order valence-corrected chi connectivity index (χ1v) is 10.7. The van der Waals surface area contributed by atoms with Gasteiger partial charge in [-0.3, -0.25) is 9.59 Å². The second-order valence-corrected chi connectivity index (χ2v) is 7.98. The standard InChI is InChI=1S/C24H25N5O2/c30-23(27-15-13-26(14-16-27)22-10-4-5-11-25-22)21-18-28-12-6-9-20(28)24(31)29(21)17-19-7-2-1-3-8-19/h1-12,21H,13-18H2. The van der Waals surface area contributed by atoms with Crippen molar-refractivity contribution in [3.63, 3.8) is 0 Å². The second kappa shape index (κ2) is 8.26. The third-order valence-corrected chi connectivity index (χ3v) is 6.10. The monoisotopic (exact) mass is 415 g/mol. The number of pyridine rings is 1. The largest absolute Gasteiger partial charge is 0.353 e. The molecule has 0 saturated carbocycles. The maximum atomic E-state index is 13.6. The number of anilines is 1. The summed E-state index contributed by atoms with van der Waals surface area (Å²) >= 11 is 0. The molecule has 0 spiro atoms. The highest BCUT2D eigenvalue weighted by molar-refractivity contribution is 5.97. The minimum absolute atomic E-state index is 0.0179. The molecule has 2 aliphatic rings. The molecule has 1 unspecified atom stereocenters. The topological polar surface area (TPSA) is 61.7 Å². The molecule has 1 aromatic carbocycles. The van der Waals surface area contributed by atoms with E-state index in [9.17, 15) is 9.59 Å². The fraction of sp³-hybridized carbons (Fsp3) is 0.292. The molecule has 0 N–H and O–H groups in total. The van der Waals surface area contributed by atoms with Gasteiger partial charge in [-0.15, -0.1) is 0 Å². The van der Waals surface area contributed by atoms with Gasteiger partial charge in [-0.1, -0.05) is 36.4 Å². The average molecular weight is 415 g/mol. The Morgan fingerprint density at radius 1 is 0.935 bits per heavy atom. The van der Waals surface area contributed by atoms with Crippen molar-refractivity contribution in [2.24, 2.45) is 0 Å². The highest BCUT2D eigenvalue weighted by Crippen LogP contribution is 2.23. The van der Waals surface area contributed by atoms with Crippen molar-refractivity contribution in [2.75, 3.05) is 31.1 Å². The molecule has 7 nitrogen and oxygen atoms in total. The third kappa shape index (κ3) is 3.79. The number of benzene rings is 1. The van der Waals surface area contributed by atoms with Gasteiger partial charge in [0, 0.05) is 45.1 Å². The van der Waals surface area contributed by atoms with Crippen LogP contribution in [0, 0.1) is 0 Å². The first-order chi connectivity index (χ1) is 15.2. The Hall–Kier alpha value is -3.61. The van der Waals surface area contributed by atoms with Crippen LogP contribution in [-0.2, 0) is 17.9 Å². The number of fused-ring (bicyclic) bond motifs is 1. The molecule has 4 heterocycles. The molecule has 1 saturated heterocycles. The van der Waals surface area contributed by atoms with Crippen LogP contribution in [0.3, 0.4) is 0 Å². The zero-order valence-electron chi connectivity index (χ0n) is 17.3. The normalized spacial score (nSPS) is 18.8. The van der Waals surface area contributed by atoms with E-state index in [-0.39, 0.29) is 11.8 Å². The lowest BCUT2D eigenvalue weighted by Crippen LogP contribution is -2.58. The van der Waals surface area contributed by atoms with Crippen molar-refractivity contribution in [3.8, 4) is 0 Å². The number of hydrogen-bond donors (Lipinski definition) is 0. The predicted octanol–water partition coefficient (Wildman–Crippen LogP) is 2.26. The van der Waals surface area contributed by atoms with Gasteiger partial charge in [0.2, 0.25) is 5.91 Å². The number of carbonyl (C=O) groups is 2. The van der Waals surface area contributed by atoms with Crippen molar-refractivity contribution >= 4 is 17.6 Å². The van der Waals surface area contributed by atoms with Gasteiger partial charge < -0.3 is 19.3 Å². The summed E-state index contributed by atoms with van der Waals surface area (Å²) in [6, 6.07) is 18.9. The van der Waals surface area contributed by atoms with E-state index >= 15 is 0 Å². The van der Waals surface area contributed by atoms with E-state index in [2.05, 4.69) is 9.88 Å². The van der Waals surface area contributed by atoms with E-state index < -0.39 is 6.04 Å². The van der Waals surface area contributed by atoms with Gasteiger partial charge in [-0.25, -0.2) is 4.98 Å². The molecule has 2 aromatic heterocycles. The van der Waals surface area contributed by atoms with E-state index in [0.29, 0.717) is 31.9 Å². The van der Waals surface area contributed by atoms with Gasteiger partial charge in [0.1, 0.15) is 17.6 Å². The van der Waals surface area contributed by atoms with E-state index in [1.165, 1.54) is 0 Å². The molecule has 1 atom stereocenters. The zero-order chi connectivity index (χ0) is 21.2. The summed E-state index contributed by atoms with van der Waals surface area (Å²) < 4.78 is 1.90. The van der Waals surface area contributed by atoms with Crippen LogP contribution >= 0.6 is 0 Å². The van der Waals surface area contributed by atoms with Crippen molar-refractivity contribution < 1.29 is 9.59 Å². The number of aromatic nitrogens is 2. The van der Waals surface area contributed by atoms with Gasteiger partial charge >= 0.3 is 0 Å². The number of amides is 2. The third-order valence-electron chi connectivity index (χ3n) is 6.10. The Bertz CT molecular complexity index is 1060. The first-order valence-electron chi connectivity index (χ1n) is 10.7. The summed E-state index contributed by atoms with van der Waals surface area (Å²) in [5.74, 6) is 0.861. The molecule has 0 radical (unpaired) electrons. The molecule has 3 aromatic rings. The summed E-state index contributed by atoms with van der Waals surface area (Å²) in [6.07, 6.45) is 3.67. The van der Waals surface area contributed by atoms with E-state index in [0.717, 1.165) is 24.5 Å². The molecule has 1 fully saturated rings. The molecule has 2 aliphatic heterocycles. The molecular weight excluding hydrogens is 390 g/mol. The van der Waals surface area contributed by atoms with Crippen LogP contribution in [0.15, 0.2) is 73.1 Å². The fourth-order valence-corrected chi connectivity index (χ4v) is 4.42. The Morgan fingerprint density at radius 2 is 1.71 bits per heavy atom. The van der Waals surface area contributed by atoms with Crippen LogP contribution < -0.4 is 4.90 Å². The number of piperazine rings is 1. The minimum Gasteiger partial charge on any atom is -0.353 e. The minimum atomic E-state index is -0.506. The summed E-state index contributed by atoms with van der Waals surface area (Å²) in [6.45, 7) is 3.62. The summed E-state index contributed by atoms with van der Waals surface area (Å²) in [4.78, 5) is 37.0. The van der Waals surface area contributed by atoms with Gasteiger partial charge in [0.05, 0.1) is 6.54 Å². The molecule has 158 valence electrons. The Kier molecular flexibility index (Phi) is 5.16. The molecular formula is C24H25N5O2. The van der Waals surface area contributed by atoms with Gasteiger partial charge in [-0.05, 0) is 29.8 Å². The van der Waals surface area contributed by atoms with Crippen molar-refractivity contribution in [3.05, 3.63) is 84.3 Å². The summed E-state index contributed by atoms with van der Waals surface area (Å²) in [5, 5.41) is 0. The van der Waals surface area contributed by atoms with Crippen molar-refractivity contribution in [1.29, 1.82) is 0 Å². The zero-order valence-corrected chi connectivity index (χ0v) is 17.3. The van der Waals surface area contributed by atoms with Crippen LogP contribution in [0.1, 0.15) is 16.1 Å². The number of carbonyl (C=O) groups excluding carboxylic acids is 2. The van der Waals surface area contributed by atoms with Crippen molar-refractivity contribution in [1.82, 2.24) is 19.4 Å². The van der Waals surface area contributed by atoms with Crippen LogP contribution in [0.25, 0.3) is 0 Å². The predicted molar refractivity (Wildman–Crippen MR) is 118 cm³/mol. The lowest BCUT2D eigenvalue weighted by atomic mass is 10.1. The first kappa shape index (κ1) is 19.4. The Labute approximate surface area is 181 Å². The molecule has 7 heteroatoms. The van der Waals surface area contributed by atoms with E-state index in [4.69, 9.17) is 0 Å². The number of rotatable bonds is 4. The van der Waals surface area contributed by atoms with E-state index in [1.54, 1.807) is 11.1 Å². The van der Waals surface area contributed by atoms with Gasteiger partial charge in [-0.2, -0.15) is 0 Å². The molecule has 5 rings (SSSR count). The summed E-state index contributed by atoms with van der Waals surface area (Å²) in [5.41, 5.74) is 1.66.